The van der Waals surface area contributed by atoms with Gasteiger partial charge in [0.1, 0.15) is 16.1 Å². The molecule has 0 unspecified atom stereocenters. The van der Waals surface area contributed by atoms with Crippen LogP contribution in [0.4, 0.5) is 0 Å². The number of benzene rings is 1. The molecule has 202 valence electrons. The summed E-state index contributed by atoms with van der Waals surface area (Å²) in [5, 5.41) is 2.38. The molecule has 0 aliphatic carbocycles. The van der Waals surface area contributed by atoms with E-state index in [1.54, 1.807) is 0 Å². The monoisotopic (exact) mass is 556 g/mol. The Hall–Kier alpha value is -3.71. The predicted octanol–water partition coefficient (Wildman–Crippen LogP) is 9.63. The third kappa shape index (κ3) is 4.66. The molecular formula is C36H40N2Si2. The fourth-order valence-corrected chi connectivity index (χ4v) is 11.1. The van der Waals surface area contributed by atoms with Crippen LogP contribution in [0.15, 0.2) is 86.2 Å². The molecule has 4 heteroatoms. The number of fused-ring (bicyclic) bond motifs is 6. The normalized spacial score (nSPS) is 11.9. The number of hydrogen-bond donors (Lipinski definition) is 0. The van der Waals surface area contributed by atoms with Crippen molar-refractivity contribution >= 4 is 49.0 Å². The first kappa shape index (κ1) is 27.8. The summed E-state index contributed by atoms with van der Waals surface area (Å²) >= 11 is 0. The van der Waals surface area contributed by atoms with Crippen LogP contribution in [0, 0.1) is 22.9 Å². The second-order valence-corrected chi connectivity index (χ2v) is 20.3. The van der Waals surface area contributed by atoms with Crippen molar-refractivity contribution in [3.8, 4) is 22.9 Å². The van der Waals surface area contributed by atoms with Gasteiger partial charge in [0.25, 0.3) is 0 Å². The lowest BCUT2D eigenvalue weighted by atomic mass is 10.0. The molecule has 0 radical (unpaired) electrons. The SMILES string of the molecule is C=CC[Si](C#Cc1c2cc3ccccn3c2c(C#C[Si](CC)(CC)CC=C)c2cc3ccccn3c12)(CC)CC. The first-order valence-electron chi connectivity index (χ1n) is 14.7. The molecule has 0 saturated carbocycles. The Bertz CT molecular complexity index is 1720. The highest BCUT2D eigenvalue weighted by Crippen LogP contribution is 2.37. The van der Waals surface area contributed by atoms with Gasteiger partial charge >= 0.3 is 0 Å². The fourth-order valence-electron chi connectivity index (χ4n) is 6.12. The number of aromatic nitrogens is 2. The zero-order valence-electron chi connectivity index (χ0n) is 24.5. The van der Waals surface area contributed by atoms with Crippen LogP contribution in [0.5, 0.6) is 0 Å². The minimum Gasteiger partial charge on any atom is -0.315 e. The van der Waals surface area contributed by atoms with Crippen molar-refractivity contribution in [3.05, 3.63) is 97.4 Å². The van der Waals surface area contributed by atoms with Gasteiger partial charge in [-0.3, -0.25) is 0 Å². The van der Waals surface area contributed by atoms with E-state index in [9.17, 15) is 0 Å². The lowest BCUT2D eigenvalue weighted by molar-refractivity contribution is 1.24. The molecule has 1 aromatic carbocycles. The Balaban J connectivity index is 1.97. The summed E-state index contributed by atoms with van der Waals surface area (Å²) in [4.78, 5) is 0. The van der Waals surface area contributed by atoms with E-state index in [2.05, 4.69) is 146 Å². The van der Waals surface area contributed by atoms with Crippen LogP contribution in [0.3, 0.4) is 0 Å². The summed E-state index contributed by atoms with van der Waals surface area (Å²) in [5.41, 5.74) is 14.7. The maximum Gasteiger partial charge on any atom is 0.142 e. The average Bonchev–Trinajstić information content (AvgIpc) is 3.57. The quantitative estimate of drug-likeness (QED) is 0.102. The molecule has 2 nitrogen and oxygen atoms in total. The molecule has 0 aliphatic heterocycles. The van der Waals surface area contributed by atoms with E-state index < -0.39 is 16.1 Å². The summed E-state index contributed by atoms with van der Waals surface area (Å²) in [6.45, 7) is 17.4. The number of rotatable bonds is 8. The average molecular weight is 557 g/mol. The van der Waals surface area contributed by atoms with Gasteiger partial charge in [-0.2, -0.15) is 0 Å². The Labute approximate surface area is 241 Å². The summed E-state index contributed by atoms with van der Waals surface area (Å²) in [5.74, 6) is 7.63. The number of hydrogen-bond acceptors (Lipinski definition) is 0. The maximum atomic E-state index is 4.08. The van der Waals surface area contributed by atoms with Gasteiger partial charge in [-0.1, -0.05) is 63.8 Å². The summed E-state index contributed by atoms with van der Waals surface area (Å²) in [6, 6.07) is 24.0. The lowest BCUT2D eigenvalue weighted by Crippen LogP contribution is -2.29. The molecule has 5 aromatic rings. The first-order valence-corrected chi connectivity index (χ1v) is 20.0. The van der Waals surface area contributed by atoms with E-state index in [1.807, 2.05) is 0 Å². The highest BCUT2D eigenvalue weighted by molar-refractivity contribution is 6.88. The van der Waals surface area contributed by atoms with Gasteiger partial charge < -0.3 is 8.80 Å². The molecule has 4 aromatic heterocycles. The highest BCUT2D eigenvalue weighted by atomic mass is 28.3. The molecule has 0 N–H and O–H groups in total. The van der Waals surface area contributed by atoms with Crippen molar-refractivity contribution in [3.63, 3.8) is 0 Å². The number of nitrogens with zero attached hydrogens (tertiary/aromatic N) is 2. The van der Waals surface area contributed by atoms with Crippen molar-refractivity contribution in [1.82, 2.24) is 8.80 Å². The topological polar surface area (TPSA) is 8.82 Å². The molecule has 0 atom stereocenters. The van der Waals surface area contributed by atoms with E-state index in [1.165, 1.54) is 32.8 Å². The van der Waals surface area contributed by atoms with Gasteiger partial charge in [0.05, 0.1) is 22.2 Å². The van der Waals surface area contributed by atoms with E-state index >= 15 is 0 Å². The highest BCUT2D eigenvalue weighted by Gasteiger charge is 2.27. The largest absolute Gasteiger partial charge is 0.315 e. The summed E-state index contributed by atoms with van der Waals surface area (Å²) in [6.07, 6.45) is 8.51. The molecular weight excluding hydrogens is 517 g/mol. The zero-order chi connectivity index (χ0) is 28.3. The van der Waals surface area contributed by atoms with Crippen LogP contribution in [0.1, 0.15) is 38.8 Å². The molecule has 5 rings (SSSR count). The van der Waals surface area contributed by atoms with Crippen LogP contribution in [0.2, 0.25) is 36.3 Å². The minimum absolute atomic E-state index is 1.03. The fraction of sp³-hybridized carbons (Fsp3) is 0.278. The number of allylic oxidation sites excluding steroid dienone is 2. The van der Waals surface area contributed by atoms with Crippen molar-refractivity contribution in [1.29, 1.82) is 0 Å². The van der Waals surface area contributed by atoms with Crippen LogP contribution in [0.25, 0.3) is 32.8 Å². The Morgan fingerprint density at radius 2 is 1.05 bits per heavy atom. The maximum absolute atomic E-state index is 4.08. The predicted molar refractivity (Wildman–Crippen MR) is 181 cm³/mol. The van der Waals surface area contributed by atoms with Gasteiger partial charge in [0.2, 0.25) is 0 Å². The standard InChI is InChI=1S/C36H40N2Si2/c1-7-23-39(9-3,10-4)25-19-31-33-27-29-17-14-16-22-38(29)36(33)32(20-26-40(11-5,12-6)24-8-2)34-28-30-18-13-15-21-37(30)35(31)34/h7-8,13-18,21-22,27-28H,1-2,9-12,23-24H2,3-6H3. The van der Waals surface area contributed by atoms with Crippen LogP contribution in [-0.4, -0.2) is 24.9 Å². The van der Waals surface area contributed by atoms with Gasteiger partial charge in [-0.25, -0.2) is 0 Å². The van der Waals surface area contributed by atoms with Crippen LogP contribution in [-0.2, 0) is 0 Å². The Morgan fingerprint density at radius 3 is 1.40 bits per heavy atom. The Kier molecular flexibility index (Phi) is 7.95. The molecule has 0 bridgehead atoms. The smallest absolute Gasteiger partial charge is 0.142 e. The molecule has 4 heterocycles. The van der Waals surface area contributed by atoms with Gasteiger partial charge in [-0.15, -0.1) is 24.2 Å². The molecule has 0 amide bonds. The lowest BCUT2D eigenvalue weighted by Gasteiger charge is -2.21. The van der Waals surface area contributed by atoms with Crippen molar-refractivity contribution in [2.75, 3.05) is 0 Å². The number of pyridine rings is 2. The molecule has 0 aliphatic rings. The molecule has 0 spiro atoms. The third-order valence-electron chi connectivity index (χ3n) is 9.05. The van der Waals surface area contributed by atoms with Gasteiger partial charge in [0, 0.05) is 34.2 Å². The van der Waals surface area contributed by atoms with Crippen LogP contribution >= 0.6 is 0 Å². The van der Waals surface area contributed by atoms with E-state index in [0.717, 1.165) is 47.4 Å². The summed E-state index contributed by atoms with van der Waals surface area (Å²) in [7, 11) is -3.57. The zero-order valence-corrected chi connectivity index (χ0v) is 26.5. The van der Waals surface area contributed by atoms with Gasteiger partial charge in [0.15, 0.2) is 0 Å². The van der Waals surface area contributed by atoms with Crippen molar-refractivity contribution in [2.45, 2.75) is 64.0 Å². The van der Waals surface area contributed by atoms with Crippen LogP contribution < -0.4 is 0 Å². The van der Waals surface area contributed by atoms with E-state index in [-0.39, 0.29) is 0 Å². The van der Waals surface area contributed by atoms with Crippen molar-refractivity contribution in [2.24, 2.45) is 0 Å². The van der Waals surface area contributed by atoms with E-state index in [4.69, 9.17) is 0 Å². The summed E-state index contributed by atoms with van der Waals surface area (Å²) < 4.78 is 4.63. The molecule has 40 heavy (non-hydrogen) atoms. The third-order valence-corrected chi connectivity index (χ3v) is 17.9. The first-order chi connectivity index (χ1) is 19.5. The van der Waals surface area contributed by atoms with Crippen molar-refractivity contribution < 1.29 is 0 Å². The second-order valence-electron chi connectivity index (χ2n) is 11.0. The van der Waals surface area contributed by atoms with E-state index in [0.29, 0.717) is 0 Å². The molecule has 0 fully saturated rings. The Morgan fingerprint density at radius 1 is 0.650 bits per heavy atom. The minimum atomic E-state index is -1.79. The molecule has 0 saturated heterocycles. The second kappa shape index (κ2) is 11.4. The van der Waals surface area contributed by atoms with Gasteiger partial charge in [-0.05, 0) is 72.7 Å².